The quantitative estimate of drug-likeness (QED) is 0.328. The van der Waals surface area contributed by atoms with Gasteiger partial charge in [0.2, 0.25) is 0 Å². The van der Waals surface area contributed by atoms with Gasteiger partial charge in [-0.2, -0.15) is 0 Å². The standard InChI is InChI=1S/C28H29ClN2O5S/c1-4-35-28(34)25-20-13-8-16(2)14-23(20)37-27(25)31-24(32)15-36-19-11-9-18(10-12-19)26(33)30-22-7-5-6-21(29)17(22)3/h5-7,9-12,16H,4,8,13-15H2,1-3H3,(H,30,33)(H,31,32). The number of hydrogen-bond acceptors (Lipinski definition) is 6. The first-order chi connectivity index (χ1) is 17.8. The third-order valence-corrected chi connectivity index (χ3v) is 7.83. The van der Waals surface area contributed by atoms with Crippen molar-refractivity contribution < 1.29 is 23.9 Å². The van der Waals surface area contributed by atoms with E-state index in [2.05, 4.69) is 17.6 Å². The summed E-state index contributed by atoms with van der Waals surface area (Å²) in [6.07, 6.45) is 2.68. The van der Waals surface area contributed by atoms with Crippen molar-refractivity contribution in [3.8, 4) is 5.75 Å². The minimum Gasteiger partial charge on any atom is -0.484 e. The molecule has 0 aliphatic heterocycles. The Morgan fingerprint density at radius 3 is 2.59 bits per heavy atom. The second-order valence-electron chi connectivity index (χ2n) is 9.00. The molecule has 4 rings (SSSR count). The third kappa shape index (κ3) is 6.32. The Labute approximate surface area is 225 Å². The summed E-state index contributed by atoms with van der Waals surface area (Å²) in [6, 6.07) is 11.8. The lowest BCUT2D eigenvalue weighted by Crippen LogP contribution is -2.21. The summed E-state index contributed by atoms with van der Waals surface area (Å²) in [5, 5.41) is 6.77. The first-order valence-corrected chi connectivity index (χ1v) is 13.4. The molecule has 2 N–H and O–H groups in total. The lowest BCUT2D eigenvalue weighted by atomic mass is 9.88. The number of carbonyl (C=O) groups excluding carboxylic acids is 3. The lowest BCUT2D eigenvalue weighted by Gasteiger charge is -2.18. The molecule has 0 spiro atoms. The molecule has 1 unspecified atom stereocenters. The maximum atomic E-state index is 12.7. The fraction of sp³-hybridized carbons (Fsp3) is 0.321. The highest BCUT2D eigenvalue weighted by Crippen LogP contribution is 2.40. The summed E-state index contributed by atoms with van der Waals surface area (Å²) in [6.45, 7) is 5.81. The number of anilines is 2. The molecule has 1 heterocycles. The number of fused-ring (bicyclic) bond motifs is 1. The Bertz CT molecular complexity index is 1320. The maximum Gasteiger partial charge on any atom is 0.341 e. The van der Waals surface area contributed by atoms with E-state index in [1.807, 2.05) is 6.92 Å². The Balaban J connectivity index is 1.37. The van der Waals surface area contributed by atoms with Gasteiger partial charge in [0, 0.05) is 21.2 Å². The number of thiophene rings is 1. The second-order valence-corrected chi connectivity index (χ2v) is 10.5. The molecule has 1 aromatic heterocycles. The van der Waals surface area contributed by atoms with Gasteiger partial charge in [0.25, 0.3) is 11.8 Å². The van der Waals surface area contributed by atoms with Crippen molar-refractivity contribution in [2.75, 3.05) is 23.8 Å². The van der Waals surface area contributed by atoms with E-state index in [0.717, 1.165) is 35.3 Å². The molecule has 1 atom stereocenters. The van der Waals surface area contributed by atoms with E-state index in [9.17, 15) is 14.4 Å². The molecular formula is C28H29ClN2O5S. The van der Waals surface area contributed by atoms with Gasteiger partial charge in [0.05, 0.1) is 12.2 Å². The summed E-state index contributed by atoms with van der Waals surface area (Å²) in [7, 11) is 0. The van der Waals surface area contributed by atoms with E-state index in [0.29, 0.717) is 38.5 Å². The molecule has 3 aromatic rings. The largest absolute Gasteiger partial charge is 0.484 e. The van der Waals surface area contributed by atoms with Gasteiger partial charge in [0.1, 0.15) is 10.8 Å². The van der Waals surface area contributed by atoms with Crippen molar-refractivity contribution in [1.82, 2.24) is 0 Å². The number of benzene rings is 2. The van der Waals surface area contributed by atoms with E-state index in [-0.39, 0.29) is 25.0 Å². The monoisotopic (exact) mass is 540 g/mol. The van der Waals surface area contributed by atoms with Crippen molar-refractivity contribution in [2.24, 2.45) is 5.92 Å². The van der Waals surface area contributed by atoms with Crippen LogP contribution in [0.3, 0.4) is 0 Å². The van der Waals surface area contributed by atoms with Gasteiger partial charge in [0.15, 0.2) is 6.61 Å². The molecule has 7 nitrogen and oxygen atoms in total. The van der Waals surface area contributed by atoms with Crippen LogP contribution in [0.25, 0.3) is 0 Å². The van der Waals surface area contributed by atoms with E-state index >= 15 is 0 Å². The molecular weight excluding hydrogens is 512 g/mol. The second kappa shape index (κ2) is 11.8. The zero-order valence-corrected chi connectivity index (χ0v) is 22.6. The predicted molar refractivity (Wildman–Crippen MR) is 146 cm³/mol. The molecule has 0 fully saturated rings. The van der Waals surface area contributed by atoms with Crippen LogP contribution in [-0.4, -0.2) is 31.0 Å². The van der Waals surface area contributed by atoms with Crippen molar-refractivity contribution in [1.29, 1.82) is 0 Å². The molecule has 0 saturated carbocycles. The normalized spacial score (nSPS) is 14.4. The highest BCUT2D eigenvalue weighted by atomic mass is 35.5. The average Bonchev–Trinajstić information content (AvgIpc) is 3.22. The number of carbonyl (C=O) groups is 3. The van der Waals surface area contributed by atoms with Crippen molar-refractivity contribution in [2.45, 2.75) is 40.0 Å². The van der Waals surface area contributed by atoms with Gasteiger partial charge in [-0.1, -0.05) is 24.6 Å². The summed E-state index contributed by atoms with van der Waals surface area (Å²) >= 11 is 7.56. The van der Waals surface area contributed by atoms with Gasteiger partial charge in [-0.25, -0.2) is 4.79 Å². The van der Waals surface area contributed by atoms with Crippen LogP contribution in [-0.2, 0) is 22.4 Å². The highest BCUT2D eigenvalue weighted by Gasteiger charge is 2.29. The SMILES string of the molecule is CCOC(=O)c1c(NC(=O)COc2ccc(C(=O)Nc3cccc(Cl)c3C)cc2)sc2c1CCC(C)C2. The fourth-order valence-electron chi connectivity index (χ4n) is 4.21. The molecule has 37 heavy (non-hydrogen) atoms. The zero-order chi connectivity index (χ0) is 26.5. The number of nitrogens with one attached hydrogen (secondary N) is 2. The Kier molecular flexibility index (Phi) is 8.51. The summed E-state index contributed by atoms with van der Waals surface area (Å²) in [4.78, 5) is 39.0. The molecule has 194 valence electrons. The minimum absolute atomic E-state index is 0.242. The Morgan fingerprint density at radius 2 is 1.86 bits per heavy atom. The van der Waals surface area contributed by atoms with Crippen LogP contribution in [0, 0.1) is 12.8 Å². The van der Waals surface area contributed by atoms with Gasteiger partial charge in [-0.15, -0.1) is 11.3 Å². The van der Waals surface area contributed by atoms with Crippen LogP contribution in [0.1, 0.15) is 57.0 Å². The summed E-state index contributed by atoms with van der Waals surface area (Å²) in [5.41, 5.74) is 3.32. The number of hydrogen-bond donors (Lipinski definition) is 2. The van der Waals surface area contributed by atoms with Gasteiger partial charge in [-0.05, 0) is 86.6 Å². The average molecular weight is 541 g/mol. The van der Waals surface area contributed by atoms with Crippen LogP contribution in [0.2, 0.25) is 5.02 Å². The van der Waals surface area contributed by atoms with Crippen LogP contribution >= 0.6 is 22.9 Å². The number of rotatable bonds is 8. The molecule has 0 saturated heterocycles. The first-order valence-electron chi connectivity index (χ1n) is 12.2. The van der Waals surface area contributed by atoms with Crippen molar-refractivity contribution >= 4 is 51.4 Å². The summed E-state index contributed by atoms with van der Waals surface area (Å²) < 4.78 is 10.9. The smallest absolute Gasteiger partial charge is 0.341 e. The van der Waals surface area contributed by atoms with Crippen LogP contribution in [0.5, 0.6) is 5.75 Å². The van der Waals surface area contributed by atoms with E-state index in [4.69, 9.17) is 21.1 Å². The van der Waals surface area contributed by atoms with E-state index < -0.39 is 5.97 Å². The van der Waals surface area contributed by atoms with Crippen molar-refractivity contribution in [3.05, 3.63) is 74.6 Å². The van der Waals surface area contributed by atoms with Gasteiger partial charge in [-0.3, -0.25) is 9.59 Å². The fourth-order valence-corrected chi connectivity index (χ4v) is 5.80. The molecule has 1 aliphatic rings. The number of halogens is 1. The number of ether oxygens (including phenoxy) is 2. The molecule has 0 bridgehead atoms. The molecule has 1 aliphatic carbocycles. The Hall–Kier alpha value is -3.36. The van der Waals surface area contributed by atoms with E-state index in [1.165, 1.54) is 11.3 Å². The molecule has 2 amide bonds. The molecule has 0 radical (unpaired) electrons. The first kappa shape index (κ1) is 26.7. The number of esters is 1. The molecule has 2 aromatic carbocycles. The predicted octanol–water partition coefficient (Wildman–Crippen LogP) is 6.28. The van der Waals surface area contributed by atoms with Gasteiger partial charge >= 0.3 is 5.97 Å². The van der Waals surface area contributed by atoms with E-state index in [1.54, 1.807) is 49.4 Å². The number of amides is 2. The summed E-state index contributed by atoms with van der Waals surface area (Å²) in [5.74, 6) is -0.0941. The highest BCUT2D eigenvalue weighted by molar-refractivity contribution is 7.17. The van der Waals surface area contributed by atoms with Crippen LogP contribution in [0.15, 0.2) is 42.5 Å². The van der Waals surface area contributed by atoms with Crippen molar-refractivity contribution in [3.63, 3.8) is 0 Å². The van der Waals surface area contributed by atoms with Crippen LogP contribution < -0.4 is 15.4 Å². The molecule has 9 heteroatoms. The zero-order valence-electron chi connectivity index (χ0n) is 21.0. The maximum absolute atomic E-state index is 12.7. The topological polar surface area (TPSA) is 93.7 Å². The Morgan fingerprint density at radius 1 is 1.11 bits per heavy atom. The third-order valence-electron chi connectivity index (χ3n) is 6.25. The lowest BCUT2D eigenvalue weighted by molar-refractivity contribution is -0.118. The van der Waals surface area contributed by atoms with Gasteiger partial charge < -0.3 is 20.1 Å². The minimum atomic E-state index is -0.410. The van der Waals surface area contributed by atoms with Crippen LogP contribution in [0.4, 0.5) is 10.7 Å².